The molecule has 1 atom stereocenters. The molecule has 0 spiro atoms. The van der Waals surface area contributed by atoms with E-state index in [0.717, 1.165) is 58.3 Å². The lowest BCUT2D eigenvalue weighted by Gasteiger charge is -2.37. The summed E-state index contributed by atoms with van der Waals surface area (Å²) in [4.78, 5) is 32.4. The molecular weight excluding hydrogens is 304 g/mol. The summed E-state index contributed by atoms with van der Waals surface area (Å²) < 4.78 is 2.01. The zero-order valence-corrected chi connectivity index (χ0v) is 14.4. The van der Waals surface area contributed by atoms with E-state index >= 15 is 0 Å². The maximum atomic E-state index is 12.6. The number of hydrogen-bond acceptors (Lipinski definition) is 3. The second-order valence-electron chi connectivity index (χ2n) is 6.91. The van der Waals surface area contributed by atoms with E-state index < -0.39 is 0 Å². The molecule has 2 fully saturated rings. The number of carbonyl (C=O) groups excluding carboxylic acids is 2. The number of aromatic nitrogens is 2. The third-order valence-corrected chi connectivity index (χ3v) is 5.22. The second kappa shape index (κ2) is 8.31. The first-order chi connectivity index (χ1) is 11.7. The van der Waals surface area contributed by atoms with Crippen LogP contribution in [-0.4, -0.2) is 56.8 Å². The van der Waals surface area contributed by atoms with Gasteiger partial charge in [-0.2, -0.15) is 0 Å². The number of rotatable bonds is 7. The number of aryl methyl sites for hydroxylation is 1. The summed E-state index contributed by atoms with van der Waals surface area (Å²) >= 11 is 0. The van der Waals surface area contributed by atoms with E-state index in [1.54, 1.807) is 12.5 Å². The average Bonchev–Trinajstić information content (AvgIpc) is 3.25. The van der Waals surface area contributed by atoms with Gasteiger partial charge in [-0.25, -0.2) is 4.98 Å². The van der Waals surface area contributed by atoms with Crippen LogP contribution in [0.2, 0.25) is 0 Å². The Kier molecular flexibility index (Phi) is 5.88. The lowest BCUT2D eigenvalue weighted by molar-refractivity contribution is -0.135. The highest BCUT2D eigenvalue weighted by Gasteiger charge is 2.28. The van der Waals surface area contributed by atoms with E-state index in [1.165, 1.54) is 6.42 Å². The second-order valence-corrected chi connectivity index (χ2v) is 6.91. The van der Waals surface area contributed by atoms with Crippen LogP contribution < -0.4 is 0 Å². The fourth-order valence-electron chi connectivity index (χ4n) is 3.85. The van der Waals surface area contributed by atoms with Crippen molar-refractivity contribution >= 4 is 11.8 Å². The Labute approximate surface area is 143 Å². The van der Waals surface area contributed by atoms with Crippen LogP contribution in [0.5, 0.6) is 0 Å². The van der Waals surface area contributed by atoms with Crippen LogP contribution in [0.4, 0.5) is 0 Å². The summed E-state index contributed by atoms with van der Waals surface area (Å²) in [5.41, 5.74) is 0. The van der Waals surface area contributed by atoms with E-state index in [4.69, 9.17) is 0 Å². The summed E-state index contributed by atoms with van der Waals surface area (Å²) in [6, 6.07) is 0.313. The lowest BCUT2D eigenvalue weighted by Crippen LogP contribution is -2.45. The van der Waals surface area contributed by atoms with Crippen LogP contribution in [0.3, 0.4) is 0 Å². The molecule has 0 aromatic carbocycles. The summed E-state index contributed by atoms with van der Waals surface area (Å²) in [7, 11) is 0. The van der Waals surface area contributed by atoms with Crippen molar-refractivity contribution in [3.05, 3.63) is 18.7 Å². The van der Waals surface area contributed by atoms with Crippen molar-refractivity contribution < 1.29 is 9.59 Å². The Hall–Kier alpha value is -1.85. The fraction of sp³-hybridized carbons (Fsp3) is 0.722. The normalized spacial score (nSPS) is 21.5. The maximum absolute atomic E-state index is 12.6. The predicted molar refractivity (Wildman–Crippen MR) is 91.2 cm³/mol. The van der Waals surface area contributed by atoms with Crippen molar-refractivity contribution in [3.63, 3.8) is 0 Å². The molecule has 2 aliphatic rings. The minimum absolute atomic E-state index is 0.271. The number of hydrogen-bond donors (Lipinski definition) is 0. The molecule has 0 radical (unpaired) electrons. The number of nitrogens with zero attached hydrogens (tertiary/aromatic N) is 4. The van der Waals surface area contributed by atoms with Gasteiger partial charge in [0.15, 0.2) is 0 Å². The lowest BCUT2D eigenvalue weighted by atomic mass is 9.98. The van der Waals surface area contributed by atoms with Gasteiger partial charge in [0.05, 0.1) is 6.33 Å². The fourth-order valence-corrected chi connectivity index (χ4v) is 3.85. The van der Waals surface area contributed by atoms with Crippen molar-refractivity contribution in [2.75, 3.05) is 19.6 Å². The number of piperidine rings is 1. The summed E-state index contributed by atoms with van der Waals surface area (Å²) in [5.74, 6) is 0.552. The van der Waals surface area contributed by atoms with E-state index in [2.05, 4.69) is 9.88 Å². The predicted octanol–water partition coefficient (Wildman–Crippen LogP) is 2.06. The van der Waals surface area contributed by atoms with Crippen molar-refractivity contribution in [2.24, 2.45) is 0 Å². The molecule has 6 heteroatoms. The molecule has 1 aromatic heterocycles. The van der Waals surface area contributed by atoms with E-state index in [-0.39, 0.29) is 11.8 Å². The highest BCUT2D eigenvalue weighted by atomic mass is 16.2. The van der Waals surface area contributed by atoms with Crippen molar-refractivity contribution in [3.8, 4) is 0 Å². The van der Waals surface area contributed by atoms with Gasteiger partial charge in [-0.05, 0) is 38.5 Å². The molecule has 2 aliphatic heterocycles. The molecule has 1 aromatic rings. The van der Waals surface area contributed by atoms with Gasteiger partial charge in [-0.3, -0.25) is 9.59 Å². The van der Waals surface area contributed by atoms with Gasteiger partial charge in [-0.1, -0.05) is 0 Å². The van der Waals surface area contributed by atoms with Gasteiger partial charge < -0.3 is 14.4 Å². The van der Waals surface area contributed by atoms with Crippen LogP contribution in [0.1, 0.15) is 51.4 Å². The highest BCUT2D eigenvalue weighted by Crippen LogP contribution is 2.22. The van der Waals surface area contributed by atoms with Crippen LogP contribution in [0.15, 0.2) is 18.7 Å². The average molecular weight is 332 g/mol. The molecule has 3 heterocycles. The summed E-state index contributed by atoms with van der Waals surface area (Å²) in [6.45, 7) is 3.42. The smallest absolute Gasteiger partial charge is 0.222 e. The summed E-state index contributed by atoms with van der Waals surface area (Å²) in [5, 5.41) is 0. The van der Waals surface area contributed by atoms with Gasteiger partial charge in [-0.15, -0.1) is 0 Å². The Morgan fingerprint density at radius 1 is 1.21 bits per heavy atom. The molecule has 6 nitrogen and oxygen atoms in total. The molecule has 2 amide bonds. The van der Waals surface area contributed by atoms with Crippen LogP contribution in [0.25, 0.3) is 0 Å². The van der Waals surface area contributed by atoms with Crippen LogP contribution in [0, 0.1) is 0 Å². The number of carbonyl (C=O) groups is 2. The van der Waals surface area contributed by atoms with Gasteiger partial charge >= 0.3 is 0 Å². The SMILES string of the molecule is O=C1CCCN1CC[C@@H]1CCCCN1C(=O)CCCn1ccnc1. The molecule has 0 bridgehead atoms. The molecule has 2 saturated heterocycles. The Balaban J connectivity index is 1.45. The third-order valence-electron chi connectivity index (χ3n) is 5.22. The van der Waals surface area contributed by atoms with Crippen molar-refractivity contribution in [1.29, 1.82) is 0 Å². The van der Waals surface area contributed by atoms with Gasteiger partial charge in [0, 0.05) is 57.5 Å². The van der Waals surface area contributed by atoms with E-state index in [0.29, 0.717) is 18.9 Å². The minimum Gasteiger partial charge on any atom is -0.343 e. The van der Waals surface area contributed by atoms with Crippen molar-refractivity contribution in [1.82, 2.24) is 19.4 Å². The van der Waals surface area contributed by atoms with Gasteiger partial charge in [0.2, 0.25) is 11.8 Å². The van der Waals surface area contributed by atoms with Gasteiger partial charge in [0.25, 0.3) is 0 Å². The maximum Gasteiger partial charge on any atom is 0.222 e. The molecule has 24 heavy (non-hydrogen) atoms. The first-order valence-electron chi connectivity index (χ1n) is 9.27. The first kappa shape index (κ1) is 17.0. The first-order valence-corrected chi connectivity index (χ1v) is 9.27. The molecule has 3 rings (SSSR count). The van der Waals surface area contributed by atoms with E-state index in [9.17, 15) is 9.59 Å². The Morgan fingerprint density at radius 2 is 2.12 bits per heavy atom. The zero-order chi connectivity index (χ0) is 16.8. The molecule has 0 saturated carbocycles. The largest absolute Gasteiger partial charge is 0.343 e. The monoisotopic (exact) mass is 332 g/mol. The van der Waals surface area contributed by atoms with Crippen molar-refractivity contribution in [2.45, 2.75) is 64.0 Å². The molecule has 0 N–H and O–H groups in total. The third kappa shape index (κ3) is 4.36. The Morgan fingerprint density at radius 3 is 2.88 bits per heavy atom. The molecule has 132 valence electrons. The molecule has 0 unspecified atom stereocenters. The number of likely N-dealkylation sites (tertiary alicyclic amines) is 2. The molecular formula is C18H28N4O2. The van der Waals surface area contributed by atoms with Gasteiger partial charge in [0.1, 0.15) is 0 Å². The van der Waals surface area contributed by atoms with E-state index in [1.807, 2.05) is 15.7 Å². The highest BCUT2D eigenvalue weighted by molar-refractivity contribution is 5.78. The minimum atomic E-state index is 0.271. The quantitative estimate of drug-likeness (QED) is 0.768. The van der Waals surface area contributed by atoms with Crippen LogP contribution >= 0.6 is 0 Å². The summed E-state index contributed by atoms with van der Waals surface area (Å²) in [6.07, 6.45) is 12.9. The standard InChI is InChI=1S/C18H28N4O2/c23-17-6-4-11-21(17)13-8-16-5-1-2-12-22(16)18(24)7-3-10-20-14-9-19-15-20/h9,14-16H,1-8,10-13H2/t16-/m0/s1. The Bertz CT molecular complexity index is 543. The van der Waals surface area contributed by atoms with Crippen LogP contribution in [-0.2, 0) is 16.1 Å². The number of imidazole rings is 1. The number of amides is 2. The molecule has 0 aliphatic carbocycles. The zero-order valence-electron chi connectivity index (χ0n) is 14.4. The topological polar surface area (TPSA) is 58.4 Å².